The summed E-state index contributed by atoms with van der Waals surface area (Å²) in [5.41, 5.74) is 1.00. The van der Waals surface area contributed by atoms with Gasteiger partial charge in [0.15, 0.2) is 11.4 Å². The van der Waals surface area contributed by atoms with Crippen LogP contribution in [0.1, 0.15) is 24.5 Å². The van der Waals surface area contributed by atoms with Crippen LogP contribution in [0.4, 0.5) is 0 Å². The summed E-state index contributed by atoms with van der Waals surface area (Å²) in [7, 11) is 0. The number of carbonyl (C=O) groups is 1. The summed E-state index contributed by atoms with van der Waals surface area (Å²) in [5, 5.41) is 10.4. The molecule has 0 saturated heterocycles. The first-order valence-corrected chi connectivity index (χ1v) is 7.96. The molecule has 1 aliphatic heterocycles. The van der Waals surface area contributed by atoms with Gasteiger partial charge in [0.1, 0.15) is 6.61 Å². The third-order valence-corrected chi connectivity index (χ3v) is 4.18. The normalized spacial score (nSPS) is 20.1. The molecule has 1 heterocycles. The summed E-state index contributed by atoms with van der Waals surface area (Å²) in [6, 6.07) is 19.4. The molecule has 4 heteroatoms. The molecule has 0 radical (unpaired) electrons. The number of aliphatic hydroxyl groups is 1. The van der Waals surface area contributed by atoms with Gasteiger partial charge in [0.2, 0.25) is 5.76 Å². The van der Waals surface area contributed by atoms with E-state index in [2.05, 4.69) is 0 Å². The molecule has 0 amide bonds. The number of hydrogen-bond donors (Lipinski definition) is 1. The smallest absolute Gasteiger partial charge is 0.378 e. The van der Waals surface area contributed by atoms with E-state index in [4.69, 9.17) is 9.47 Å². The van der Waals surface area contributed by atoms with E-state index in [1.54, 1.807) is 6.92 Å². The van der Waals surface area contributed by atoms with Crippen molar-refractivity contribution < 1.29 is 19.4 Å². The minimum atomic E-state index is -1.04. The standard InChI is InChI=1S/C20H20O4/c1-20(13-12-15-8-4-2-5-9-15)18(21)17(19(22)24-20)23-14-16-10-6-3-7-11-16/h2-11,21H,12-14H2,1H3/t20-/m0/s1. The fourth-order valence-corrected chi connectivity index (χ4v) is 2.69. The van der Waals surface area contributed by atoms with Crippen LogP contribution in [-0.4, -0.2) is 16.7 Å². The van der Waals surface area contributed by atoms with E-state index in [1.807, 2.05) is 60.7 Å². The quantitative estimate of drug-likeness (QED) is 0.818. The van der Waals surface area contributed by atoms with Gasteiger partial charge in [-0.15, -0.1) is 0 Å². The van der Waals surface area contributed by atoms with Crippen molar-refractivity contribution in [3.05, 3.63) is 83.3 Å². The summed E-state index contributed by atoms with van der Waals surface area (Å²) in [5.74, 6) is -0.826. The molecule has 0 fully saturated rings. The zero-order chi connectivity index (χ0) is 17.0. The van der Waals surface area contributed by atoms with Gasteiger partial charge in [-0.3, -0.25) is 0 Å². The van der Waals surface area contributed by atoms with Gasteiger partial charge < -0.3 is 14.6 Å². The third kappa shape index (κ3) is 3.43. The van der Waals surface area contributed by atoms with Crippen LogP contribution < -0.4 is 0 Å². The number of carbonyl (C=O) groups excluding carboxylic acids is 1. The fraction of sp³-hybridized carbons (Fsp3) is 0.250. The van der Waals surface area contributed by atoms with Crippen molar-refractivity contribution in [1.82, 2.24) is 0 Å². The zero-order valence-corrected chi connectivity index (χ0v) is 13.6. The number of esters is 1. The predicted octanol–water partition coefficient (Wildman–Crippen LogP) is 3.92. The molecule has 0 aliphatic carbocycles. The molecule has 0 bridgehead atoms. The van der Waals surface area contributed by atoms with Crippen LogP contribution in [0.5, 0.6) is 0 Å². The van der Waals surface area contributed by atoms with Gasteiger partial charge in [0.25, 0.3) is 0 Å². The maximum Gasteiger partial charge on any atom is 0.378 e. The van der Waals surface area contributed by atoms with E-state index in [-0.39, 0.29) is 18.1 Å². The van der Waals surface area contributed by atoms with Crippen LogP contribution in [0.2, 0.25) is 0 Å². The van der Waals surface area contributed by atoms with Crippen LogP contribution in [0, 0.1) is 0 Å². The van der Waals surface area contributed by atoms with E-state index in [9.17, 15) is 9.90 Å². The lowest BCUT2D eigenvalue weighted by atomic mass is 9.95. The molecule has 0 unspecified atom stereocenters. The second-order valence-electron chi connectivity index (χ2n) is 6.06. The lowest BCUT2D eigenvalue weighted by molar-refractivity contribution is -0.150. The van der Waals surface area contributed by atoms with Crippen LogP contribution in [0.15, 0.2) is 72.2 Å². The molecule has 1 aliphatic rings. The van der Waals surface area contributed by atoms with E-state index in [0.29, 0.717) is 12.8 Å². The molecule has 124 valence electrons. The van der Waals surface area contributed by atoms with Crippen LogP contribution in [0.25, 0.3) is 0 Å². The van der Waals surface area contributed by atoms with E-state index >= 15 is 0 Å². The summed E-state index contributed by atoms with van der Waals surface area (Å²) in [6.07, 6.45) is 1.19. The predicted molar refractivity (Wildman–Crippen MR) is 90.1 cm³/mol. The summed E-state index contributed by atoms with van der Waals surface area (Å²) < 4.78 is 10.9. The minimum Gasteiger partial charge on any atom is -0.505 e. The van der Waals surface area contributed by atoms with E-state index in [0.717, 1.165) is 11.1 Å². The highest BCUT2D eigenvalue weighted by Gasteiger charge is 2.45. The van der Waals surface area contributed by atoms with Gasteiger partial charge in [0, 0.05) is 0 Å². The molecular weight excluding hydrogens is 304 g/mol. The van der Waals surface area contributed by atoms with Crippen molar-refractivity contribution in [2.45, 2.75) is 32.0 Å². The Bertz CT molecular complexity index is 737. The van der Waals surface area contributed by atoms with Gasteiger partial charge in [0.05, 0.1) is 0 Å². The van der Waals surface area contributed by atoms with Crippen molar-refractivity contribution in [2.75, 3.05) is 0 Å². The van der Waals surface area contributed by atoms with Gasteiger partial charge in [-0.05, 0) is 30.9 Å². The number of rotatable bonds is 6. The molecule has 24 heavy (non-hydrogen) atoms. The molecule has 2 aromatic carbocycles. The first-order chi connectivity index (χ1) is 11.6. The number of hydrogen-bond acceptors (Lipinski definition) is 4. The Kier molecular flexibility index (Phi) is 4.56. The van der Waals surface area contributed by atoms with Crippen LogP contribution in [-0.2, 0) is 27.3 Å². The Balaban J connectivity index is 1.68. The second-order valence-corrected chi connectivity index (χ2v) is 6.06. The summed E-state index contributed by atoms with van der Waals surface area (Å²) in [4.78, 5) is 12.1. The molecule has 0 spiro atoms. The van der Waals surface area contributed by atoms with Gasteiger partial charge in [-0.1, -0.05) is 60.7 Å². The fourth-order valence-electron chi connectivity index (χ4n) is 2.69. The highest BCUT2D eigenvalue weighted by molar-refractivity contribution is 5.90. The minimum absolute atomic E-state index is 0.0885. The van der Waals surface area contributed by atoms with Crippen molar-refractivity contribution >= 4 is 5.97 Å². The van der Waals surface area contributed by atoms with Gasteiger partial charge in [-0.25, -0.2) is 4.79 Å². The Labute approximate surface area is 141 Å². The molecular formula is C20H20O4. The second kappa shape index (κ2) is 6.79. The van der Waals surface area contributed by atoms with E-state index < -0.39 is 11.6 Å². The first-order valence-electron chi connectivity index (χ1n) is 7.96. The molecule has 0 aromatic heterocycles. The Morgan fingerprint density at radius 1 is 1.00 bits per heavy atom. The number of cyclic esters (lactones) is 1. The lowest BCUT2D eigenvalue weighted by Crippen LogP contribution is -2.28. The average molecular weight is 324 g/mol. The van der Waals surface area contributed by atoms with Crippen molar-refractivity contribution in [1.29, 1.82) is 0 Å². The average Bonchev–Trinajstić information content (AvgIpc) is 2.83. The number of aliphatic hydroxyl groups excluding tert-OH is 1. The van der Waals surface area contributed by atoms with Crippen molar-refractivity contribution in [2.24, 2.45) is 0 Å². The maximum atomic E-state index is 12.1. The molecule has 4 nitrogen and oxygen atoms in total. The molecule has 3 rings (SSSR count). The molecule has 1 atom stereocenters. The number of ether oxygens (including phenoxy) is 2. The largest absolute Gasteiger partial charge is 0.505 e. The Hall–Kier alpha value is -2.75. The maximum absolute atomic E-state index is 12.1. The highest BCUT2D eigenvalue weighted by Crippen LogP contribution is 2.35. The van der Waals surface area contributed by atoms with Gasteiger partial charge >= 0.3 is 5.97 Å². The zero-order valence-electron chi connectivity index (χ0n) is 13.6. The van der Waals surface area contributed by atoms with Crippen LogP contribution >= 0.6 is 0 Å². The Morgan fingerprint density at radius 2 is 1.58 bits per heavy atom. The number of aryl methyl sites for hydroxylation is 1. The van der Waals surface area contributed by atoms with Crippen molar-refractivity contribution in [3.63, 3.8) is 0 Å². The van der Waals surface area contributed by atoms with Gasteiger partial charge in [-0.2, -0.15) is 0 Å². The molecule has 0 saturated carbocycles. The first kappa shape index (κ1) is 16.1. The third-order valence-electron chi connectivity index (χ3n) is 4.18. The summed E-state index contributed by atoms with van der Waals surface area (Å²) >= 11 is 0. The van der Waals surface area contributed by atoms with Crippen molar-refractivity contribution in [3.8, 4) is 0 Å². The monoisotopic (exact) mass is 324 g/mol. The summed E-state index contributed by atoms with van der Waals surface area (Å²) in [6.45, 7) is 1.92. The molecule has 1 N–H and O–H groups in total. The lowest BCUT2D eigenvalue weighted by Gasteiger charge is -2.22. The highest BCUT2D eigenvalue weighted by atomic mass is 16.6. The Morgan fingerprint density at radius 3 is 2.21 bits per heavy atom. The number of benzene rings is 2. The molecule has 2 aromatic rings. The van der Waals surface area contributed by atoms with Crippen LogP contribution in [0.3, 0.4) is 0 Å². The van der Waals surface area contributed by atoms with E-state index in [1.165, 1.54) is 0 Å². The SMILES string of the molecule is C[C@@]1(CCc2ccccc2)OC(=O)C(OCc2ccccc2)=C1O. The topological polar surface area (TPSA) is 55.8 Å².